The lowest BCUT2D eigenvalue weighted by molar-refractivity contribution is -0.142. The summed E-state index contributed by atoms with van der Waals surface area (Å²) in [4.78, 5) is 23.0. The van der Waals surface area contributed by atoms with E-state index in [4.69, 9.17) is 14.6 Å². The van der Waals surface area contributed by atoms with Crippen LogP contribution in [-0.4, -0.2) is 43.5 Å². The molecule has 3 atom stereocenters. The minimum Gasteiger partial charge on any atom is -0.481 e. The van der Waals surface area contributed by atoms with Crippen molar-refractivity contribution in [3.8, 4) is 0 Å². The van der Waals surface area contributed by atoms with Crippen LogP contribution in [0.3, 0.4) is 0 Å². The average Bonchev–Trinajstić information content (AvgIpc) is 2.83. The fraction of sp³-hybridized carbons (Fsp3) is 0.833. The summed E-state index contributed by atoms with van der Waals surface area (Å²) in [5.41, 5.74) is -0.495. The van der Waals surface area contributed by atoms with Crippen molar-refractivity contribution in [1.29, 1.82) is 0 Å². The summed E-state index contributed by atoms with van der Waals surface area (Å²) in [6.07, 6.45) is -0.543. The molecule has 0 aliphatic heterocycles. The van der Waals surface area contributed by atoms with Gasteiger partial charge in [-0.3, -0.25) is 9.59 Å². The second-order valence-corrected chi connectivity index (χ2v) is 5.25. The number of rotatable bonds is 6. The van der Waals surface area contributed by atoms with Crippen LogP contribution in [0.2, 0.25) is 0 Å². The van der Waals surface area contributed by atoms with Crippen molar-refractivity contribution in [2.45, 2.75) is 33.1 Å². The van der Waals surface area contributed by atoms with E-state index in [1.54, 1.807) is 20.8 Å². The van der Waals surface area contributed by atoms with Crippen LogP contribution in [-0.2, 0) is 19.1 Å². The fourth-order valence-corrected chi connectivity index (χ4v) is 2.47. The second-order valence-electron chi connectivity index (χ2n) is 5.25. The van der Waals surface area contributed by atoms with Gasteiger partial charge in [-0.25, -0.2) is 0 Å². The van der Waals surface area contributed by atoms with Crippen LogP contribution >= 0.6 is 0 Å². The van der Waals surface area contributed by atoms with E-state index in [0.717, 1.165) is 0 Å². The minimum atomic E-state index is -0.928. The molecule has 0 saturated heterocycles. The summed E-state index contributed by atoms with van der Waals surface area (Å²) in [5.74, 6) is -2.30. The molecular weight excluding hydrogens is 238 g/mol. The third kappa shape index (κ3) is 2.64. The molecule has 6 nitrogen and oxygen atoms in total. The Balaban J connectivity index is 2.60. The van der Waals surface area contributed by atoms with Crippen molar-refractivity contribution in [3.63, 3.8) is 0 Å². The van der Waals surface area contributed by atoms with Crippen molar-refractivity contribution in [2.75, 3.05) is 14.2 Å². The molecule has 1 aliphatic rings. The lowest BCUT2D eigenvalue weighted by Crippen LogP contribution is -2.44. The number of aliphatic carboxylic acids is 1. The molecule has 6 heteroatoms. The monoisotopic (exact) mass is 259 g/mol. The Morgan fingerprint density at radius 3 is 2.06 bits per heavy atom. The molecule has 1 amide bonds. The SMILES string of the molecule is COC(OC)C(C)NC(=O)C1C(C(=O)O)C1(C)C. The molecule has 18 heavy (non-hydrogen) atoms. The largest absolute Gasteiger partial charge is 0.481 e. The predicted octanol–water partition coefficient (Wildman–Crippen LogP) is 0.467. The molecule has 0 radical (unpaired) electrons. The van der Waals surface area contributed by atoms with Gasteiger partial charge in [0.05, 0.1) is 17.9 Å². The molecule has 0 aromatic rings. The van der Waals surface area contributed by atoms with Crippen LogP contribution < -0.4 is 5.32 Å². The number of hydrogen-bond acceptors (Lipinski definition) is 4. The summed E-state index contributed by atoms with van der Waals surface area (Å²) in [6.45, 7) is 5.32. The third-order valence-corrected chi connectivity index (χ3v) is 3.62. The molecule has 1 saturated carbocycles. The number of hydrogen-bond donors (Lipinski definition) is 2. The van der Waals surface area contributed by atoms with Gasteiger partial charge < -0.3 is 19.9 Å². The van der Waals surface area contributed by atoms with E-state index in [2.05, 4.69) is 5.32 Å². The van der Waals surface area contributed by atoms with E-state index < -0.39 is 29.5 Å². The Bertz CT molecular complexity index is 337. The molecule has 104 valence electrons. The van der Waals surface area contributed by atoms with Crippen LogP contribution in [0.25, 0.3) is 0 Å². The quantitative estimate of drug-likeness (QED) is 0.677. The van der Waals surface area contributed by atoms with Crippen LogP contribution in [0, 0.1) is 17.3 Å². The first kappa shape index (κ1) is 14.9. The third-order valence-electron chi connectivity index (χ3n) is 3.62. The Morgan fingerprint density at radius 2 is 1.72 bits per heavy atom. The highest BCUT2D eigenvalue weighted by atomic mass is 16.7. The molecule has 0 heterocycles. The highest BCUT2D eigenvalue weighted by molar-refractivity contribution is 5.91. The smallest absolute Gasteiger partial charge is 0.307 e. The van der Waals surface area contributed by atoms with Crippen LogP contribution in [0.15, 0.2) is 0 Å². The minimum absolute atomic E-state index is 0.265. The van der Waals surface area contributed by atoms with Crippen molar-refractivity contribution >= 4 is 11.9 Å². The van der Waals surface area contributed by atoms with Gasteiger partial charge in [0.2, 0.25) is 5.91 Å². The summed E-state index contributed by atoms with van der Waals surface area (Å²) < 4.78 is 10.1. The van der Waals surface area contributed by atoms with Gasteiger partial charge in [-0.1, -0.05) is 13.8 Å². The number of amides is 1. The van der Waals surface area contributed by atoms with Gasteiger partial charge >= 0.3 is 5.97 Å². The first-order chi connectivity index (χ1) is 8.27. The van der Waals surface area contributed by atoms with Crippen molar-refractivity contribution in [3.05, 3.63) is 0 Å². The van der Waals surface area contributed by atoms with Crippen molar-refractivity contribution in [2.24, 2.45) is 17.3 Å². The second kappa shape index (κ2) is 5.24. The molecule has 1 fully saturated rings. The summed E-state index contributed by atoms with van der Waals surface area (Å²) in [7, 11) is 2.97. The number of carboxylic acids is 1. The molecule has 1 aliphatic carbocycles. The standard InChI is InChI=1S/C12H21NO5/c1-6(11(17-4)18-5)13-9(14)7-8(10(15)16)12(7,2)3/h6-8,11H,1-5H3,(H,13,14)(H,15,16). The summed E-state index contributed by atoms with van der Waals surface area (Å²) in [6, 6.07) is -0.335. The molecular formula is C12H21NO5. The number of carbonyl (C=O) groups excluding carboxylic acids is 1. The van der Waals surface area contributed by atoms with Crippen LogP contribution in [0.5, 0.6) is 0 Å². The summed E-state index contributed by atoms with van der Waals surface area (Å²) in [5, 5.41) is 11.7. The highest BCUT2D eigenvalue weighted by Crippen LogP contribution is 2.58. The number of carbonyl (C=O) groups is 2. The van der Waals surface area contributed by atoms with Gasteiger partial charge in [-0.2, -0.15) is 0 Å². The number of methoxy groups -OCH3 is 2. The topological polar surface area (TPSA) is 84.9 Å². The zero-order chi connectivity index (χ0) is 14.1. The van der Waals surface area contributed by atoms with Crippen molar-refractivity contribution in [1.82, 2.24) is 5.32 Å². The molecule has 0 aromatic carbocycles. The van der Waals surface area contributed by atoms with Gasteiger partial charge in [-0.15, -0.1) is 0 Å². The van der Waals surface area contributed by atoms with Gasteiger partial charge in [0.15, 0.2) is 6.29 Å². The molecule has 0 aromatic heterocycles. The Labute approximate surface area is 107 Å². The van der Waals surface area contributed by atoms with E-state index in [1.165, 1.54) is 14.2 Å². The summed E-state index contributed by atoms with van der Waals surface area (Å²) >= 11 is 0. The first-order valence-electron chi connectivity index (χ1n) is 5.86. The zero-order valence-electron chi connectivity index (χ0n) is 11.4. The average molecular weight is 259 g/mol. The van der Waals surface area contributed by atoms with Gasteiger partial charge in [-0.05, 0) is 12.3 Å². The number of carboxylic acid groups (broad SMARTS) is 1. The number of ether oxygens (including phenoxy) is 2. The van der Waals surface area contributed by atoms with Gasteiger partial charge in [0, 0.05) is 14.2 Å². The lowest BCUT2D eigenvalue weighted by Gasteiger charge is -2.22. The number of nitrogens with one attached hydrogen (secondary N) is 1. The Morgan fingerprint density at radius 1 is 1.22 bits per heavy atom. The normalized spacial score (nSPS) is 26.8. The van der Waals surface area contributed by atoms with Crippen LogP contribution in [0.4, 0.5) is 0 Å². The van der Waals surface area contributed by atoms with E-state index in [9.17, 15) is 9.59 Å². The molecule has 1 rings (SSSR count). The van der Waals surface area contributed by atoms with Crippen LogP contribution in [0.1, 0.15) is 20.8 Å². The highest BCUT2D eigenvalue weighted by Gasteiger charge is 2.66. The maximum absolute atomic E-state index is 12.0. The maximum atomic E-state index is 12.0. The van der Waals surface area contributed by atoms with E-state index >= 15 is 0 Å². The Hall–Kier alpha value is -1.14. The van der Waals surface area contributed by atoms with Gasteiger partial charge in [0.25, 0.3) is 0 Å². The fourth-order valence-electron chi connectivity index (χ4n) is 2.47. The molecule has 2 N–H and O–H groups in total. The van der Waals surface area contributed by atoms with E-state index in [0.29, 0.717) is 0 Å². The molecule has 0 spiro atoms. The van der Waals surface area contributed by atoms with E-state index in [1.807, 2.05) is 0 Å². The van der Waals surface area contributed by atoms with Crippen molar-refractivity contribution < 1.29 is 24.2 Å². The zero-order valence-corrected chi connectivity index (χ0v) is 11.4. The van der Waals surface area contributed by atoms with E-state index in [-0.39, 0.29) is 11.9 Å². The molecule has 0 bridgehead atoms. The first-order valence-corrected chi connectivity index (χ1v) is 5.86. The van der Waals surface area contributed by atoms with Gasteiger partial charge in [0.1, 0.15) is 0 Å². The maximum Gasteiger partial charge on any atom is 0.307 e. The predicted molar refractivity (Wildman–Crippen MR) is 63.8 cm³/mol. The Kier molecular flexibility index (Phi) is 4.34. The lowest BCUT2D eigenvalue weighted by atomic mass is 10.1. The molecule has 3 unspecified atom stereocenters.